The second-order valence-corrected chi connectivity index (χ2v) is 3.34. The molecule has 67 valence electrons. The van der Waals surface area contributed by atoms with Gasteiger partial charge in [0.2, 0.25) is 0 Å². The first-order valence-corrected chi connectivity index (χ1v) is 4.97. The minimum absolute atomic E-state index is 0.405. The van der Waals surface area contributed by atoms with Crippen LogP contribution >= 0.6 is 0 Å². The van der Waals surface area contributed by atoms with E-state index in [1.807, 2.05) is 13.8 Å². The number of hydrogen-bond donors (Lipinski definition) is 2. The molecule has 0 rings (SSSR count). The van der Waals surface area contributed by atoms with Crippen molar-refractivity contribution in [3.05, 3.63) is 0 Å². The Morgan fingerprint density at radius 1 is 1.55 bits per heavy atom. The van der Waals surface area contributed by atoms with Crippen molar-refractivity contribution in [3.63, 3.8) is 0 Å². The molecule has 0 aliphatic heterocycles. The summed E-state index contributed by atoms with van der Waals surface area (Å²) in [5.74, 6) is 0.405. The first-order chi connectivity index (χ1) is 4.90. The molecule has 1 atom stereocenters. The van der Waals surface area contributed by atoms with Crippen molar-refractivity contribution in [2.45, 2.75) is 39.7 Å². The van der Waals surface area contributed by atoms with E-state index in [1.165, 1.54) is 0 Å². The van der Waals surface area contributed by atoms with E-state index in [0.717, 1.165) is 6.42 Å². The molecule has 0 saturated carbocycles. The summed E-state index contributed by atoms with van der Waals surface area (Å²) < 4.78 is 15.8. The summed E-state index contributed by atoms with van der Waals surface area (Å²) in [6.45, 7) is 7.84. The first kappa shape index (κ1) is 14.0. The van der Waals surface area contributed by atoms with Gasteiger partial charge in [-0.1, -0.05) is 20.3 Å². The molecular formula is C7H17O3Ti. The van der Waals surface area contributed by atoms with E-state index in [2.05, 4.69) is 13.8 Å². The van der Waals surface area contributed by atoms with Gasteiger partial charge in [0, 0.05) is 0 Å². The molecule has 0 aromatic heterocycles. The molecule has 0 amide bonds. The van der Waals surface area contributed by atoms with E-state index >= 15 is 0 Å². The van der Waals surface area contributed by atoms with Gasteiger partial charge < -0.3 is 5.11 Å². The van der Waals surface area contributed by atoms with E-state index in [9.17, 15) is 5.11 Å². The van der Waals surface area contributed by atoms with Gasteiger partial charge in [-0.25, -0.2) is 0 Å². The molecule has 3 nitrogen and oxygen atoms in total. The Balaban J connectivity index is 0. The van der Waals surface area contributed by atoms with E-state index in [1.54, 1.807) is 0 Å². The summed E-state index contributed by atoms with van der Waals surface area (Å²) in [4.78, 5) is 0. The maximum absolute atomic E-state index is 9.29. The van der Waals surface area contributed by atoms with Gasteiger partial charge in [0.25, 0.3) is 0 Å². The van der Waals surface area contributed by atoms with E-state index in [4.69, 9.17) is 7.01 Å². The van der Waals surface area contributed by atoms with E-state index in [-0.39, 0.29) is 0 Å². The third-order valence-electron chi connectivity index (χ3n) is 1.82. The summed E-state index contributed by atoms with van der Waals surface area (Å²) in [6, 6.07) is 0. The van der Waals surface area contributed by atoms with Crippen LogP contribution in [0.1, 0.15) is 34.1 Å². The van der Waals surface area contributed by atoms with Gasteiger partial charge >= 0.3 is 26.5 Å². The molecule has 0 heterocycles. The molecule has 0 aromatic carbocycles. The Labute approximate surface area is 77.5 Å². The van der Waals surface area contributed by atoms with Crippen LogP contribution < -0.4 is 0 Å². The average molecular weight is 197 g/mol. The molecule has 0 bridgehead atoms. The van der Waals surface area contributed by atoms with Crippen molar-refractivity contribution in [2.75, 3.05) is 0 Å². The second kappa shape index (κ2) is 7.10. The molecule has 0 spiro atoms. The van der Waals surface area contributed by atoms with Gasteiger partial charge in [-0.05, 0) is 19.8 Å². The molecule has 0 aliphatic rings. The van der Waals surface area contributed by atoms with Crippen molar-refractivity contribution in [1.82, 2.24) is 0 Å². The number of aliphatic hydroxyl groups is 1. The second-order valence-electron chi connectivity index (χ2n) is 3.05. The van der Waals surface area contributed by atoms with Crippen LogP contribution in [0.3, 0.4) is 0 Å². The molecule has 0 radical (unpaired) electrons. The zero-order valence-electron chi connectivity index (χ0n) is 7.59. The number of hydrogen-bond acceptors (Lipinski definition) is 2. The summed E-state index contributed by atoms with van der Waals surface area (Å²) in [6.07, 6.45) is 1.05. The molecular weight excluding hydrogens is 180 g/mol. The minimum atomic E-state index is -1.75. The summed E-state index contributed by atoms with van der Waals surface area (Å²) in [7, 11) is 0. The normalized spacial score (nSPS) is 12.5. The summed E-state index contributed by atoms with van der Waals surface area (Å²) >= 11 is -1.75. The molecule has 2 N–H and O–H groups in total. The van der Waals surface area contributed by atoms with Gasteiger partial charge in [0.15, 0.2) is 0 Å². The molecule has 0 aromatic rings. The van der Waals surface area contributed by atoms with Crippen LogP contribution in [0.25, 0.3) is 0 Å². The van der Waals surface area contributed by atoms with E-state index in [0.29, 0.717) is 5.92 Å². The van der Waals surface area contributed by atoms with Gasteiger partial charge in [-0.3, -0.25) is 0 Å². The van der Waals surface area contributed by atoms with Gasteiger partial charge in [-0.2, -0.15) is 0 Å². The Hall–Kier alpha value is 0.434. The predicted octanol–water partition coefficient (Wildman–Crippen LogP) is 1.13. The maximum atomic E-state index is 9.29. The van der Waals surface area contributed by atoms with Gasteiger partial charge in [0.1, 0.15) is 0 Å². The quantitative estimate of drug-likeness (QED) is 0.652. The molecule has 4 heteroatoms. The molecule has 11 heavy (non-hydrogen) atoms. The monoisotopic (exact) mass is 197 g/mol. The Morgan fingerprint density at radius 2 is 1.82 bits per heavy atom. The van der Waals surface area contributed by atoms with Gasteiger partial charge in [-0.15, -0.1) is 0 Å². The third-order valence-corrected chi connectivity index (χ3v) is 1.82. The Morgan fingerprint density at radius 3 is 1.82 bits per heavy atom. The van der Waals surface area contributed by atoms with E-state index < -0.39 is 25.1 Å². The van der Waals surface area contributed by atoms with Crippen molar-refractivity contribution < 1.29 is 31.6 Å². The van der Waals surface area contributed by atoms with Crippen LogP contribution in [0.2, 0.25) is 0 Å². The van der Waals surface area contributed by atoms with Crippen molar-refractivity contribution in [2.24, 2.45) is 5.92 Å². The van der Waals surface area contributed by atoms with Crippen LogP contribution in [0.4, 0.5) is 0 Å². The zero-order valence-corrected chi connectivity index (χ0v) is 9.15. The van der Waals surface area contributed by atoms with Gasteiger partial charge in [0.05, 0.1) is 5.60 Å². The average Bonchev–Trinajstić information content (AvgIpc) is 1.86. The Kier molecular flexibility index (Phi) is 9.03. The van der Waals surface area contributed by atoms with Crippen molar-refractivity contribution in [3.8, 4) is 0 Å². The predicted molar refractivity (Wildman–Crippen MR) is 38.7 cm³/mol. The molecule has 0 aliphatic carbocycles. The topological polar surface area (TPSA) is 57.5 Å². The standard InChI is InChI=1S/C7H16O.H2O.O.Ti/c1-5-6(2)7(3,4)8;;;/h6,8H,5H2,1-4H3;1H2;;/q;;;+1/p-1. The molecule has 1 unspecified atom stereocenters. The fourth-order valence-electron chi connectivity index (χ4n) is 0.500. The first-order valence-electron chi connectivity index (χ1n) is 3.63. The summed E-state index contributed by atoms with van der Waals surface area (Å²) in [5, 5.41) is 9.29. The van der Waals surface area contributed by atoms with Crippen LogP contribution in [0.5, 0.6) is 0 Å². The van der Waals surface area contributed by atoms with Crippen molar-refractivity contribution in [1.29, 1.82) is 0 Å². The SMILES string of the molecule is CCC(C)C(C)(C)O.[O]=[Ti][OH]. The summed E-state index contributed by atoms with van der Waals surface area (Å²) in [5.41, 5.74) is -0.491. The van der Waals surface area contributed by atoms with Crippen LogP contribution in [0, 0.1) is 5.92 Å². The fraction of sp³-hybridized carbons (Fsp3) is 1.00. The molecule has 0 fully saturated rings. The third kappa shape index (κ3) is 10.4. The zero-order chi connectivity index (χ0) is 9.49. The fourth-order valence-corrected chi connectivity index (χ4v) is 0.500. The van der Waals surface area contributed by atoms with Crippen molar-refractivity contribution >= 4 is 0 Å². The van der Waals surface area contributed by atoms with Crippen LogP contribution in [-0.4, -0.2) is 14.4 Å². The molecule has 0 saturated heterocycles. The Bertz CT molecular complexity index is 98.3. The number of rotatable bonds is 2. The van der Waals surface area contributed by atoms with Crippen LogP contribution in [0.15, 0.2) is 0 Å². The van der Waals surface area contributed by atoms with Crippen LogP contribution in [-0.2, 0) is 22.8 Å².